The number of rotatable bonds is 3. The minimum absolute atomic E-state index is 0. The zero-order valence-corrected chi connectivity index (χ0v) is 13.0. The molecule has 1 saturated carbocycles. The first-order chi connectivity index (χ1) is 10.1. The van der Waals surface area contributed by atoms with Gasteiger partial charge in [-0.2, -0.15) is 10.1 Å². The summed E-state index contributed by atoms with van der Waals surface area (Å²) in [5.74, 6) is -0.317. The van der Waals surface area contributed by atoms with Gasteiger partial charge in [0.1, 0.15) is 0 Å². The largest absolute Gasteiger partial charge is 0.370 e. The molecule has 0 unspecified atom stereocenters. The molecule has 0 spiro atoms. The third kappa shape index (κ3) is 2.96. The second kappa shape index (κ2) is 6.19. The van der Waals surface area contributed by atoms with Crippen LogP contribution in [-0.2, 0) is 0 Å². The number of aliphatic imine (C=N–C) groups is 1. The first-order valence-electron chi connectivity index (χ1n) is 6.86. The molecule has 7 heteroatoms. The van der Waals surface area contributed by atoms with Gasteiger partial charge in [0.15, 0.2) is 5.96 Å². The van der Waals surface area contributed by atoms with Crippen molar-refractivity contribution in [1.82, 2.24) is 9.78 Å². The summed E-state index contributed by atoms with van der Waals surface area (Å²) in [6, 6.07) is 7.94. The second-order valence-electron chi connectivity index (χ2n) is 5.26. The number of nitrogens with zero attached hydrogens (tertiary/aromatic N) is 3. The lowest BCUT2D eigenvalue weighted by Crippen LogP contribution is -2.24. The Balaban J connectivity index is 0.00000176. The van der Waals surface area contributed by atoms with Crippen LogP contribution in [0.4, 0.5) is 0 Å². The summed E-state index contributed by atoms with van der Waals surface area (Å²) in [5, 5.41) is 4.38. The Morgan fingerprint density at radius 3 is 2.59 bits per heavy atom. The van der Waals surface area contributed by atoms with Crippen molar-refractivity contribution in [2.24, 2.45) is 16.5 Å². The SMILES string of the molecule is Cc1ccccc1-n1ncc(C(=O)N=C(N)N)c1C1CC1.Cl. The minimum Gasteiger partial charge on any atom is -0.370 e. The van der Waals surface area contributed by atoms with Gasteiger partial charge in [-0.05, 0) is 31.4 Å². The van der Waals surface area contributed by atoms with E-state index in [2.05, 4.69) is 10.1 Å². The third-order valence-corrected chi connectivity index (χ3v) is 3.58. The van der Waals surface area contributed by atoms with Crippen LogP contribution in [0.2, 0.25) is 0 Å². The van der Waals surface area contributed by atoms with Gasteiger partial charge in [-0.25, -0.2) is 4.68 Å². The zero-order chi connectivity index (χ0) is 15.0. The molecule has 4 N–H and O–H groups in total. The Bertz CT molecular complexity index is 729. The van der Waals surface area contributed by atoms with E-state index in [1.165, 1.54) is 0 Å². The number of guanidine groups is 1. The Kier molecular flexibility index (Phi) is 4.51. The maximum Gasteiger partial charge on any atom is 0.283 e. The fourth-order valence-electron chi connectivity index (χ4n) is 2.44. The standard InChI is InChI=1S/C15H17N5O.ClH/c1-9-4-2-3-5-12(9)20-13(10-6-7-10)11(8-18-20)14(21)19-15(16)17;/h2-5,8,10H,6-7H2,1H3,(H4,16,17,19,21);1H. The monoisotopic (exact) mass is 319 g/mol. The average molecular weight is 320 g/mol. The van der Waals surface area contributed by atoms with Crippen LogP contribution in [-0.4, -0.2) is 21.6 Å². The molecule has 1 aromatic carbocycles. The van der Waals surface area contributed by atoms with Gasteiger partial charge in [0.25, 0.3) is 5.91 Å². The van der Waals surface area contributed by atoms with Gasteiger partial charge < -0.3 is 11.5 Å². The number of hydrogen-bond acceptors (Lipinski definition) is 2. The molecule has 1 aromatic heterocycles. The molecule has 1 aliphatic rings. The first kappa shape index (κ1) is 16.0. The van der Waals surface area contributed by atoms with Crippen LogP contribution in [0, 0.1) is 6.92 Å². The predicted molar refractivity (Wildman–Crippen MR) is 87.7 cm³/mol. The summed E-state index contributed by atoms with van der Waals surface area (Å²) in [7, 11) is 0. The van der Waals surface area contributed by atoms with Gasteiger partial charge in [0, 0.05) is 5.92 Å². The van der Waals surface area contributed by atoms with Crippen molar-refractivity contribution in [3.8, 4) is 5.69 Å². The Labute approximate surface area is 134 Å². The zero-order valence-electron chi connectivity index (χ0n) is 12.2. The predicted octanol–water partition coefficient (Wildman–Crippen LogP) is 1.89. The molecular weight excluding hydrogens is 302 g/mol. The summed E-state index contributed by atoms with van der Waals surface area (Å²) >= 11 is 0. The van der Waals surface area contributed by atoms with Crippen LogP contribution in [0.3, 0.4) is 0 Å². The number of aryl methyl sites for hydroxylation is 1. The van der Waals surface area contributed by atoms with Crippen molar-refractivity contribution in [1.29, 1.82) is 0 Å². The molecule has 0 saturated heterocycles. The Morgan fingerprint density at radius 1 is 1.32 bits per heavy atom. The number of nitrogens with two attached hydrogens (primary N) is 2. The van der Waals surface area contributed by atoms with E-state index in [1.54, 1.807) is 6.20 Å². The highest BCUT2D eigenvalue weighted by molar-refractivity contribution is 6.02. The maximum atomic E-state index is 12.1. The van der Waals surface area contributed by atoms with Crippen molar-refractivity contribution in [2.75, 3.05) is 0 Å². The van der Waals surface area contributed by atoms with Crippen LogP contribution in [0.15, 0.2) is 35.5 Å². The van der Waals surface area contributed by atoms with Gasteiger partial charge in [-0.3, -0.25) is 4.79 Å². The molecule has 116 valence electrons. The van der Waals surface area contributed by atoms with Crippen LogP contribution in [0.1, 0.15) is 40.4 Å². The smallest absolute Gasteiger partial charge is 0.283 e. The average Bonchev–Trinajstić information content (AvgIpc) is 3.17. The molecule has 1 fully saturated rings. The number of hydrogen-bond donors (Lipinski definition) is 2. The van der Waals surface area contributed by atoms with Crippen molar-refractivity contribution >= 4 is 24.3 Å². The van der Waals surface area contributed by atoms with Gasteiger partial charge in [0.2, 0.25) is 0 Å². The van der Waals surface area contributed by atoms with Crippen LogP contribution in [0.5, 0.6) is 0 Å². The number of aromatic nitrogens is 2. The molecule has 2 aromatic rings. The fraction of sp³-hybridized carbons (Fsp3) is 0.267. The minimum atomic E-state index is -0.434. The van der Waals surface area contributed by atoms with Gasteiger partial charge >= 0.3 is 0 Å². The molecule has 0 atom stereocenters. The summed E-state index contributed by atoms with van der Waals surface area (Å²) < 4.78 is 1.84. The number of para-hydroxylation sites is 1. The number of carbonyl (C=O) groups is 1. The van der Waals surface area contributed by atoms with E-state index in [4.69, 9.17) is 11.5 Å². The normalized spacial score (nSPS) is 13.3. The molecule has 1 aliphatic carbocycles. The Morgan fingerprint density at radius 2 is 2.00 bits per heavy atom. The van der Waals surface area contributed by atoms with E-state index in [1.807, 2.05) is 35.9 Å². The molecule has 6 nitrogen and oxygen atoms in total. The number of amides is 1. The van der Waals surface area contributed by atoms with Gasteiger partial charge in [-0.15, -0.1) is 12.4 Å². The summed E-state index contributed by atoms with van der Waals surface area (Å²) in [4.78, 5) is 15.8. The van der Waals surface area contributed by atoms with E-state index < -0.39 is 5.91 Å². The van der Waals surface area contributed by atoms with Crippen LogP contribution in [0.25, 0.3) is 5.69 Å². The highest BCUT2D eigenvalue weighted by atomic mass is 35.5. The molecule has 1 heterocycles. The highest BCUT2D eigenvalue weighted by Gasteiger charge is 2.33. The third-order valence-electron chi connectivity index (χ3n) is 3.58. The molecule has 3 rings (SSSR count). The van der Waals surface area contributed by atoms with E-state index in [9.17, 15) is 4.79 Å². The Hall–Kier alpha value is -2.34. The van der Waals surface area contributed by atoms with Gasteiger partial charge in [-0.1, -0.05) is 18.2 Å². The van der Waals surface area contributed by atoms with E-state index in [0.717, 1.165) is 29.8 Å². The number of halogens is 1. The summed E-state index contributed by atoms with van der Waals surface area (Å²) in [5.41, 5.74) is 14.0. The second-order valence-corrected chi connectivity index (χ2v) is 5.26. The van der Waals surface area contributed by atoms with Crippen molar-refractivity contribution in [3.05, 3.63) is 47.3 Å². The maximum absolute atomic E-state index is 12.1. The number of benzene rings is 1. The summed E-state index contributed by atoms with van der Waals surface area (Å²) in [6.45, 7) is 2.02. The molecule has 22 heavy (non-hydrogen) atoms. The van der Waals surface area contributed by atoms with Crippen molar-refractivity contribution in [2.45, 2.75) is 25.7 Å². The lowest BCUT2D eigenvalue weighted by molar-refractivity contribution is 0.100. The van der Waals surface area contributed by atoms with Crippen molar-refractivity contribution in [3.63, 3.8) is 0 Å². The lowest BCUT2D eigenvalue weighted by atomic mass is 10.1. The van der Waals surface area contributed by atoms with E-state index in [-0.39, 0.29) is 18.4 Å². The highest BCUT2D eigenvalue weighted by Crippen LogP contribution is 2.42. The fourth-order valence-corrected chi connectivity index (χ4v) is 2.44. The molecule has 0 bridgehead atoms. The lowest BCUT2D eigenvalue weighted by Gasteiger charge is -2.10. The van der Waals surface area contributed by atoms with Crippen molar-refractivity contribution < 1.29 is 4.79 Å². The first-order valence-corrected chi connectivity index (χ1v) is 6.86. The van der Waals surface area contributed by atoms with Crippen LogP contribution >= 0.6 is 12.4 Å². The molecule has 1 amide bonds. The number of carbonyl (C=O) groups excluding carboxylic acids is 1. The van der Waals surface area contributed by atoms with E-state index >= 15 is 0 Å². The summed E-state index contributed by atoms with van der Waals surface area (Å²) in [6.07, 6.45) is 3.66. The van der Waals surface area contributed by atoms with E-state index in [0.29, 0.717) is 11.5 Å². The molecule has 0 radical (unpaired) electrons. The van der Waals surface area contributed by atoms with Crippen LogP contribution < -0.4 is 11.5 Å². The molecule has 0 aliphatic heterocycles. The molecular formula is C15H18ClN5O. The van der Waals surface area contributed by atoms with Gasteiger partial charge in [0.05, 0.1) is 23.1 Å². The quantitative estimate of drug-likeness (QED) is 0.666. The topological polar surface area (TPSA) is 99.3 Å².